The number of carbonyl (C=O) groups is 3. The summed E-state index contributed by atoms with van der Waals surface area (Å²) in [7, 11) is 0. The number of anilines is 1. The van der Waals surface area contributed by atoms with Gasteiger partial charge in [0, 0.05) is 36.4 Å². The van der Waals surface area contributed by atoms with Crippen LogP contribution in [-0.2, 0) is 9.59 Å². The Morgan fingerprint density at radius 2 is 2.00 bits per heavy atom. The Hall–Kier alpha value is -4.01. The highest BCUT2D eigenvalue weighted by Gasteiger charge is 2.52. The number of hydrogen-bond acceptors (Lipinski definition) is 7. The summed E-state index contributed by atoms with van der Waals surface area (Å²) in [6.07, 6.45) is 1.23. The highest BCUT2D eigenvalue weighted by Crippen LogP contribution is 2.48. The average Bonchev–Trinajstić information content (AvgIpc) is 3.56. The van der Waals surface area contributed by atoms with E-state index in [0.29, 0.717) is 35.9 Å². The first-order chi connectivity index (χ1) is 19.4. The molecule has 11 heteroatoms. The minimum Gasteiger partial charge on any atom is -0.457 e. The maximum atomic E-state index is 13.6. The lowest BCUT2D eigenvalue weighted by atomic mass is 9.86. The van der Waals surface area contributed by atoms with E-state index in [2.05, 4.69) is 16.0 Å². The van der Waals surface area contributed by atoms with Gasteiger partial charge in [0.05, 0.1) is 22.4 Å². The summed E-state index contributed by atoms with van der Waals surface area (Å²) >= 11 is 1.46. The summed E-state index contributed by atoms with van der Waals surface area (Å²) in [6.45, 7) is 3.60. The van der Waals surface area contributed by atoms with E-state index < -0.39 is 0 Å². The predicted octanol–water partition coefficient (Wildman–Crippen LogP) is 3.21. The molecular weight excluding hydrogens is 528 g/mol. The van der Waals surface area contributed by atoms with Gasteiger partial charge in [-0.05, 0) is 62.2 Å². The molecule has 0 radical (unpaired) electrons. The molecule has 0 saturated carbocycles. The van der Waals surface area contributed by atoms with Gasteiger partial charge in [-0.25, -0.2) is 4.79 Å². The van der Waals surface area contributed by atoms with E-state index >= 15 is 0 Å². The first-order valence-electron chi connectivity index (χ1n) is 13.5. The molecule has 3 unspecified atom stereocenters. The van der Waals surface area contributed by atoms with Crippen LogP contribution in [-0.4, -0.2) is 59.8 Å². The number of carbonyl (C=O) groups excluding carboxylic acids is 3. The third kappa shape index (κ3) is 4.89. The van der Waals surface area contributed by atoms with E-state index in [9.17, 15) is 14.4 Å². The Morgan fingerprint density at radius 1 is 1.18 bits per heavy atom. The Balaban J connectivity index is 1.20. The zero-order valence-electron chi connectivity index (χ0n) is 22.1. The summed E-state index contributed by atoms with van der Waals surface area (Å²) in [5.74, 6) is 0.929. The number of urea groups is 1. The van der Waals surface area contributed by atoms with Gasteiger partial charge in [0.2, 0.25) is 5.91 Å². The fraction of sp³-hybridized carbons (Fsp3) is 0.379. The van der Waals surface area contributed by atoms with Gasteiger partial charge in [-0.3, -0.25) is 14.5 Å². The maximum absolute atomic E-state index is 13.6. The van der Waals surface area contributed by atoms with Gasteiger partial charge >= 0.3 is 6.03 Å². The molecule has 40 heavy (non-hydrogen) atoms. The van der Waals surface area contributed by atoms with Gasteiger partial charge in [0.1, 0.15) is 17.9 Å². The lowest BCUT2D eigenvalue weighted by Gasteiger charge is -2.46. The van der Waals surface area contributed by atoms with Gasteiger partial charge in [-0.1, -0.05) is 30.0 Å². The van der Waals surface area contributed by atoms with Crippen molar-refractivity contribution in [2.45, 2.75) is 43.6 Å². The highest BCUT2D eigenvalue weighted by molar-refractivity contribution is 8.04. The molecule has 4 atom stereocenters. The predicted molar refractivity (Wildman–Crippen MR) is 150 cm³/mol. The van der Waals surface area contributed by atoms with Crippen molar-refractivity contribution in [3.05, 3.63) is 64.7 Å². The second-order valence-electron chi connectivity index (χ2n) is 10.4. The number of likely N-dealkylation sites (tertiary alicyclic amines) is 1. The second-order valence-corrected chi connectivity index (χ2v) is 11.6. The number of hydrogen-bond donors (Lipinski definition) is 3. The Bertz CT molecular complexity index is 1420. The van der Waals surface area contributed by atoms with Crippen molar-refractivity contribution in [1.82, 2.24) is 20.9 Å². The SMILES string of the molecule is Cc1cc(Oc2ccccc2)ccc1N1C(=O)NC2=C(C(=O)N[C@@H]3CCN(C(=O)CC#N)C3)SC3NCCC1C23. The molecule has 0 aliphatic carbocycles. The number of thioether (sulfide) groups is 1. The van der Waals surface area contributed by atoms with E-state index in [1.807, 2.05) is 66.4 Å². The third-order valence-electron chi connectivity index (χ3n) is 7.86. The topological polar surface area (TPSA) is 127 Å². The monoisotopic (exact) mass is 558 g/mol. The van der Waals surface area contributed by atoms with E-state index in [1.165, 1.54) is 11.8 Å². The minimum atomic E-state index is -0.251. The maximum Gasteiger partial charge on any atom is 0.326 e. The number of nitrogens with zero attached hydrogens (tertiary/aromatic N) is 3. The molecule has 4 heterocycles. The Labute approximate surface area is 236 Å². The third-order valence-corrected chi connectivity index (χ3v) is 9.22. The number of para-hydroxylation sites is 1. The fourth-order valence-electron chi connectivity index (χ4n) is 6.02. The van der Waals surface area contributed by atoms with Crippen molar-refractivity contribution >= 4 is 35.3 Å². The smallest absolute Gasteiger partial charge is 0.326 e. The van der Waals surface area contributed by atoms with Crippen molar-refractivity contribution in [2.24, 2.45) is 5.92 Å². The summed E-state index contributed by atoms with van der Waals surface area (Å²) in [5, 5.41) is 18.4. The highest BCUT2D eigenvalue weighted by atomic mass is 32.2. The fourth-order valence-corrected chi connectivity index (χ4v) is 7.42. The zero-order valence-corrected chi connectivity index (χ0v) is 22.9. The number of ether oxygens (including phenoxy) is 1. The molecule has 4 amide bonds. The molecule has 3 saturated heterocycles. The van der Waals surface area contributed by atoms with Crippen molar-refractivity contribution < 1.29 is 19.1 Å². The summed E-state index contributed by atoms with van der Waals surface area (Å²) < 4.78 is 5.99. The minimum absolute atomic E-state index is 0.0316. The molecule has 10 nitrogen and oxygen atoms in total. The molecule has 2 aromatic carbocycles. The number of piperidine rings is 1. The average molecular weight is 559 g/mol. The van der Waals surface area contributed by atoms with Crippen LogP contribution in [0.3, 0.4) is 0 Å². The molecule has 6 rings (SSSR count). The van der Waals surface area contributed by atoms with E-state index in [0.717, 1.165) is 30.0 Å². The first-order valence-corrected chi connectivity index (χ1v) is 14.3. The normalized spacial score (nSPS) is 25.2. The molecular formula is C29H30N6O4S. The van der Waals surface area contributed by atoms with Crippen LogP contribution in [0.5, 0.6) is 11.5 Å². The van der Waals surface area contributed by atoms with Crippen LogP contribution >= 0.6 is 11.8 Å². The quantitative estimate of drug-likeness (QED) is 0.497. The zero-order chi connectivity index (χ0) is 27.8. The molecule has 4 aliphatic rings. The molecule has 0 aromatic heterocycles. The Kier molecular flexibility index (Phi) is 7.12. The van der Waals surface area contributed by atoms with E-state index in [-0.39, 0.29) is 47.6 Å². The van der Waals surface area contributed by atoms with E-state index in [4.69, 9.17) is 10.00 Å². The van der Waals surface area contributed by atoms with Crippen LogP contribution in [0.2, 0.25) is 0 Å². The number of aryl methyl sites for hydroxylation is 1. The first kappa shape index (κ1) is 26.2. The van der Waals surface area contributed by atoms with Crippen LogP contribution in [0.1, 0.15) is 24.8 Å². The van der Waals surface area contributed by atoms with Crippen LogP contribution in [0.4, 0.5) is 10.5 Å². The number of amides is 4. The standard InChI is InChI=1S/C29H30N6O4S/c1-17-15-20(39-19-5-3-2-4-6-19)7-8-21(17)35-22-10-13-31-28-24(22)25(33-29(35)38)26(40-28)27(37)32-18-11-14-34(16-18)23(36)9-12-30/h2-8,15,18,22,24,28,31H,9-11,13-14,16H2,1H3,(H,32,37)(H,33,38)/t18-,22?,24?,28?/m1/s1. The number of nitriles is 1. The lowest BCUT2D eigenvalue weighted by Crippen LogP contribution is -2.62. The molecule has 0 bridgehead atoms. The van der Waals surface area contributed by atoms with Crippen LogP contribution < -0.4 is 25.6 Å². The summed E-state index contributed by atoms with van der Waals surface area (Å²) in [6, 6.07) is 16.6. The molecule has 206 valence electrons. The van der Waals surface area contributed by atoms with Crippen LogP contribution in [0.15, 0.2) is 59.1 Å². The van der Waals surface area contributed by atoms with Gasteiger partial charge in [-0.15, -0.1) is 0 Å². The van der Waals surface area contributed by atoms with Gasteiger partial charge in [0.15, 0.2) is 0 Å². The molecule has 3 fully saturated rings. The number of rotatable bonds is 6. The van der Waals surface area contributed by atoms with Crippen LogP contribution in [0.25, 0.3) is 0 Å². The van der Waals surface area contributed by atoms with Crippen molar-refractivity contribution in [2.75, 3.05) is 24.5 Å². The number of benzene rings is 2. The molecule has 3 N–H and O–H groups in total. The summed E-state index contributed by atoms with van der Waals surface area (Å²) in [5.41, 5.74) is 2.41. The van der Waals surface area contributed by atoms with Crippen molar-refractivity contribution in [3.8, 4) is 17.6 Å². The molecule has 0 spiro atoms. The molecule has 4 aliphatic heterocycles. The second kappa shape index (κ2) is 10.9. The van der Waals surface area contributed by atoms with Crippen molar-refractivity contribution in [3.63, 3.8) is 0 Å². The van der Waals surface area contributed by atoms with E-state index in [1.54, 1.807) is 4.90 Å². The van der Waals surface area contributed by atoms with Crippen LogP contribution in [0, 0.1) is 24.2 Å². The Morgan fingerprint density at radius 3 is 2.77 bits per heavy atom. The summed E-state index contributed by atoms with van der Waals surface area (Å²) in [4.78, 5) is 43.0. The van der Waals surface area contributed by atoms with Gasteiger partial charge in [-0.2, -0.15) is 5.26 Å². The molecule has 2 aromatic rings. The number of nitrogens with one attached hydrogen (secondary N) is 3. The largest absolute Gasteiger partial charge is 0.457 e. The van der Waals surface area contributed by atoms with Gasteiger partial charge < -0.3 is 25.6 Å². The lowest BCUT2D eigenvalue weighted by molar-refractivity contribution is -0.129. The van der Waals surface area contributed by atoms with Crippen molar-refractivity contribution in [1.29, 1.82) is 5.26 Å². The van der Waals surface area contributed by atoms with Gasteiger partial charge in [0.25, 0.3) is 5.91 Å².